The van der Waals surface area contributed by atoms with Crippen LogP contribution in [0.25, 0.3) is 0 Å². The van der Waals surface area contributed by atoms with Crippen LogP contribution in [0.15, 0.2) is 12.1 Å². The number of thioether (sulfide) groups is 2. The molecule has 2 heterocycles. The van der Waals surface area contributed by atoms with Crippen LogP contribution in [0.3, 0.4) is 0 Å². The highest BCUT2D eigenvalue weighted by atomic mass is 32.2. The van der Waals surface area contributed by atoms with Gasteiger partial charge in [0.1, 0.15) is 17.5 Å². The first-order chi connectivity index (χ1) is 13.8. The van der Waals surface area contributed by atoms with Gasteiger partial charge in [-0.05, 0) is 11.6 Å². The number of rotatable bonds is 6. The molecule has 3 rings (SSSR count). The van der Waals surface area contributed by atoms with E-state index in [-0.39, 0.29) is 47.4 Å². The van der Waals surface area contributed by atoms with Gasteiger partial charge in [0, 0.05) is 49.9 Å². The van der Waals surface area contributed by atoms with Crippen molar-refractivity contribution < 1.29 is 33.8 Å². The molecule has 1 aromatic rings. The second kappa shape index (κ2) is 9.08. The fourth-order valence-electron chi connectivity index (χ4n) is 3.33. The zero-order valence-corrected chi connectivity index (χ0v) is 17.6. The molecule has 1 atom stereocenters. The molecule has 0 spiro atoms. The van der Waals surface area contributed by atoms with Gasteiger partial charge in [-0.25, -0.2) is 4.79 Å². The molecule has 29 heavy (non-hydrogen) atoms. The second-order valence-corrected chi connectivity index (χ2v) is 9.19. The molecule has 0 fully saturated rings. The summed E-state index contributed by atoms with van der Waals surface area (Å²) in [6.07, 6.45) is 0.123. The third-order valence-corrected chi connectivity index (χ3v) is 6.67. The average molecular weight is 440 g/mol. The summed E-state index contributed by atoms with van der Waals surface area (Å²) in [7, 11) is 0. The summed E-state index contributed by atoms with van der Waals surface area (Å²) in [5.41, 5.74) is 1.54. The van der Waals surface area contributed by atoms with Crippen LogP contribution >= 0.6 is 23.5 Å². The van der Waals surface area contributed by atoms with Crippen LogP contribution in [-0.2, 0) is 32.1 Å². The zero-order valence-electron chi connectivity index (χ0n) is 16.0. The number of carboxylic acid groups (broad SMARTS) is 1. The maximum absolute atomic E-state index is 13.3. The van der Waals surface area contributed by atoms with Crippen LogP contribution in [0.2, 0.25) is 0 Å². The Labute approximate surface area is 176 Å². The maximum atomic E-state index is 13.3. The molecule has 1 amide bonds. The smallest absolute Gasteiger partial charge is 0.326 e. The van der Waals surface area contributed by atoms with Gasteiger partial charge < -0.3 is 19.5 Å². The lowest BCUT2D eigenvalue weighted by Crippen LogP contribution is -2.51. The van der Waals surface area contributed by atoms with E-state index in [1.807, 2.05) is 0 Å². The summed E-state index contributed by atoms with van der Waals surface area (Å²) in [5.74, 6) is -0.548. The molecule has 1 unspecified atom stereocenters. The van der Waals surface area contributed by atoms with E-state index >= 15 is 0 Å². The van der Waals surface area contributed by atoms with Gasteiger partial charge in [0.15, 0.2) is 10.2 Å². The monoisotopic (exact) mass is 439 g/mol. The van der Waals surface area contributed by atoms with Crippen molar-refractivity contribution >= 4 is 45.6 Å². The summed E-state index contributed by atoms with van der Waals surface area (Å²) in [4.78, 5) is 49.3. The first-order valence-corrected chi connectivity index (χ1v) is 10.9. The fraction of sp³-hybridized carbons (Fsp3) is 0.474. The number of hydrogen-bond donors (Lipinski definition) is 1. The molecule has 10 heteroatoms. The minimum absolute atomic E-state index is 0.0709. The van der Waals surface area contributed by atoms with E-state index in [0.29, 0.717) is 11.5 Å². The Kier molecular flexibility index (Phi) is 6.74. The van der Waals surface area contributed by atoms with Gasteiger partial charge in [0.05, 0.1) is 5.92 Å². The van der Waals surface area contributed by atoms with E-state index in [0.717, 1.165) is 34.7 Å². The fourth-order valence-corrected chi connectivity index (χ4v) is 4.87. The molecule has 1 N–H and O–H groups in total. The lowest BCUT2D eigenvalue weighted by atomic mass is 9.91. The number of carbonyl (C=O) groups is 4. The zero-order chi connectivity index (χ0) is 21.1. The largest absolute Gasteiger partial charge is 0.480 e. The Morgan fingerprint density at radius 3 is 2.38 bits per heavy atom. The lowest BCUT2D eigenvalue weighted by molar-refractivity contribution is -0.152. The molecule has 156 valence electrons. The van der Waals surface area contributed by atoms with Gasteiger partial charge in [-0.2, -0.15) is 0 Å². The van der Waals surface area contributed by atoms with Crippen LogP contribution in [0.5, 0.6) is 11.5 Å². The number of nitrogens with zero attached hydrogens (tertiary/aromatic N) is 1. The van der Waals surface area contributed by atoms with E-state index in [1.165, 1.54) is 18.7 Å². The molecule has 2 bridgehead atoms. The van der Waals surface area contributed by atoms with Crippen LogP contribution in [0.1, 0.15) is 25.0 Å². The lowest BCUT2D eigenvalue weighted by Gasteiger charge is -2.37. The average Bonchev–Trinajstić information content (AvgIpc) is 2.66. The Hall–Kier alpha value is -2.20. The summed E-state index contributed by atoms with van der Waals surface area (Å²) in [6.45, 7) is 2.98. The molecule has 0 saturated heterocycles. The van der Waals surface area contributed by atoms with Crippen molar-refractivity contribution in [1.82, 2.24) is 4.90 Å². The molecule has 0 radical (unpaired) electrons. The van der Waals surface area contributed by atoms with Crippen LogP contribution in [0.4, 0.5) is 0 Å². The van der Waals surface area contributed by atoms with Crippen molar-refractivity contribution in [3.05, 3.63) is 23.3 Å². The molecular formula is C19H21NO7S2. The van der Waals surface area contributed by atoms with E-state index in [4.69, 9.17) is 9.47 Å². The summed E-state index contributed by atoms with van der Waals surface area (Å²) < 4.78 is 10.9. The number of ether oxygens (including phenoxy) is 2. The maximum Gasteiger partial charge on any atom is 0.326 e. The highest BCUT2D eigenvalue weighted by Crippen LogP contribution is 2.37. The van der Waals surface area contributed by atoms with Crippen LogP contribution in [-0.4, -0.2) is 56.5 Å². The van der Waals surface area contributed by atoms with Gasteiger partial charge in [0.2, 0.25) is 12.7 Å². The van der Waals surface area contributed by atoms with E-state index in [9.17, 15) is 24.3 Å². The molecule has 1 aromatic carbocycles. The third-order valence-electron chi connectivity index (χ3n) is 4.72. The number of amides is 1. The normalized spacial score (nSPS) is 17.2. The first-order valence-electron chi connectivity index (χ1n) is 8.97. The van der Waals surface area contributed by atoms with E-state index < -0.39 is 17.9 Å². The van der Waals surface area contributed by atoms with Crippen LogP contribution in [0, 0.1) is 5.92 Å². The van der Waals surface area contributed by atoms with Gasteiger partial charge in [0.25, 0.3) is 0 Å². The minimum Gasteiger partial charge on any atom is -0.480 e. The predicted molar refractivity (Wildman–Crippen MR) is 108 cm³/mol. The van der Waals surface area contributed by atoms with Crippen molar-refractivity contribution in [3.8, 4) is 11.5 Å². The third kappa shape index (κ3) is 5.05. The summed E-state index contributed by atoms with van der Waals surface area (Å²) in [6, 6.07) is 2.47. The van der Waals surface area contributed by atoms with E-state index in [1.54, 1.807) is 12.1 Å². The highest BCUT2D eigenvalue weighted by Gasteiger charge is 2.39. The first kappa shape index (κ1) is 21.5. The topological polar surface area (TPSA) is 110 Å². The number of carbonyl (C=O) groups excluding carboxylic acids is 3. The summed E-state index contributed by atoms with van der Waals surface area (Å²) >= 11 is 2.00. The van der Waals surface area contributed by atoms with Crippen molar-refractivity contribution in [2.45, 2.75) is 32.9 Å². The van der Waals surface area contributed by atoms with Crippen molar-refractivity contribution in [1.29, 1.82) is 0 Å². The molecule has 2 aliphatic rings. The minimum atomic E-state index is -1.11. The molecular weight excluding hydrogens is 418 g/mol. The molecule has 0 aromatic heterocycles. The number of carboxylic acids is 1. The predicted octanol–water partition coefficient (Wildman–Crippen LogP) is 1.93. The summed E-state index contributed by atoms with van der Waals surface area (Å²) in [5, 5.41) is 9.48. The van der Waals surface area contributed by atoms with Gasteiger partial charge in [-0.3, -0.25) is 14.4 Å². The van der Waals surface area contributed by atoms with Crippen molar-refractivity contribution in [2.75, 3.05) is 18.3 Å². The quantitative estimate of drug-likeness (QED) is 0.711. The molecule has 2 aliphatic heterocycles. The van der Waals surface area contributed by atoms with Crippen molar-refractivity contribution in [2.24, 2.45) is 5.92 Å². The standard InChI is InChI=1S/C19H21NO7S2/c1-10(21)28-7-13(8-29-11(2)22)18(23)20-6-12-3-14-4-17(27-9-26-14)15(12)5-16(20)19(24)25/h3-4,13,16H,5-9H2,1-2H3,(H,24,25). The second-order valence-electron chi connectivity index (χ2n) is 6.79. The number of aliphatic carboxylic acids is 1. The Morgan fingerprint density at radius 2 is 1.79 bits per heavy atom. The SMILES string of the molecule is CC(=O)SCC(CSC(C)=O)C(=O)N1Cc2cc3cc(c2CC1C(=O)O)OCO3. The Bertz CT molecular complexity index is 839. The Balaban J connectivity index is 1.88. The molecule has 8 nitrogen and oxygen atoms in total. The van der Waals surface area contributed by atoms with Crippen molar-refractivity contribution in [3.63, 3.8) is 0 Å². The Morgan fingerprint density at radius 1 is 1.14 bits per heavy atom. The van der Waals surface area contributed by atoms with E-state index in [2.05, 4.69) is 0 Å². The molecule has 0 saturated carbocycles. The van der Waals surface area contributed by atoms with Crippen LogP contribution < -0.4 is 9.47 Å². The highest BCUT2D eigenvalue weighted by molar-refractivity contribution is 8.14. The van der Waals surface area contributed by atoms with Gasteiger partial charge >= 0.3 is 5.97 Å². The number of fused-ring (bicyclic) bond motifs is 4. The van der Waals surface area contributed by atoms with Gasteiger partial charge in [-0.15, -0.1) is 0 Å². The number of hydrogen-bond acceptors (Lipinski definition) is 8. The molecule has 0 aliphatic carbocycles. The van der Waals surface area contributed by atoms with Gasteiger partial charge in [-0.1, -0.05) is 23.5 Å². The number of benzene rings is 1.